The Morgan fingerprint density at radius 2 is 1.79 bits per heavy atom. The second-order valence-corrected chi connectivity index (χ2v) is 6.53. The van der Waals surface area contributed by atoms with E-state index in [1.807, 2.05) is 0 Å². The van der Waals surface area contributed by atoms with E-state index in [2.05, 4.69) is 37.1 Å². The van der Waals surface area contributed by atoms with Gasteiger partial charge in [0.05, 0.1) is 0 Å². The van der Waals surface area contributed by atoms with Gasteiger partial charge in [-0.1, -0.05) is 18.2 Å². The highest BCUT2D eigenvalue weighted by atomic mass is 15.1. The molecule has 1 saturated heterocycles. The van der Waals surface area contributed by atoms with Crippen LogP contribution in [0.5, 0.6) is 0 Å². The zero-order valence-electron chi connectivity index (χ0n) is 12.2. The van der Waals surface area contributed by atoms with E-state index in [0.29, 0.717) is 0 Å². The normalized spacial score (nSPS) is 23.5. The highest BCUT2D eigenvalue weighted by Gasteiger charge is 2.28. The summed E-state index contributed by atoms with van der Waals surface area (Å²) in [6.07, 6.45) is 5.32. The Labute approximate surface area is 117 Å². The summed E-state index contributed by atoms with van der Waals surface area (Å²) in [6.45, 7) is 4.58. The molecule has 1 saturated carbocycles. The van der Waals surface area contributed by atoms with Crippen molar-refractivity contribution in [2.45, 2.75) is 50.5 Å². The number of likely N-dealkylation sites (tertiary alicyclic amines) is 1. The average Bonchev–Trinajstić information content (AvgIpc) is 3.23. The quantitative estimate of drug-likeness (QED) is 0.900. The van der Waals surface area contributed by atoms with Crippen LogP contribution in [-0.2, 0) is 0 Å². The van der Waals surface area contributed by atoms with Crippen LogP contribution in [0.25, 0.3) is 0 Å². The summed E-state index contributed by atoms with van der Waals surface area (Å²) in [6, 6.07) is 7.28. The maximum Gasteiger partial charge on any atom is 0.0268 e. The van der Waals surface area contributed by atoms with Crippen molar-refractivity contribution in [3.05, 3.63) is 34.9 Å². The zero-order chi connectivity index (χ0) is 13.4. The summed E-state index contributed by atoms with van der Waals surface area (Å²) in [5.41, 5.74) is 10.6. The lowest BCUT2D eigenvalue weighted by atomic mass is 9.86. The van der Waals surface area contributed by atoms with Crippen molar-refractivity contribution in [3.8, 4) is 0 Å². The molecule has 1 aliphatic carbocycles. The van der Waals surface area contributed by atoms with Gasteiger partial charge < -0.3 is 10.6 Å². The molecule has 0 aromatic heterocycles. The zero-order valence-corrected chi connectivity index (χ0v) is 12.2. The molecule has 19 heavy (non-hydrogen) atoms. The van der Waals surface area contributed by atoms with Crippen molar-refractivity contribution in [1.29, 1.82) is 0 Å². The molecular weight excluding hydrogens is 232 g/mol. The van der Waals surface area contributed by atoms with Crippen LogP contribution in [0.15, 0.2) is 18.2 Å². The maximum absolute atomic E-state index is 6.12. The Morgan fingerprint density at radius 1 is 1.11 bits per heavy atom. The van der Waals surface area contributed by atoms with Gasteiger partial charge in [0.1, 0.15) is 0 Å². The van der Waals surface area contributed by atoms with Gasteiger partial charge >= 0.3 is 0 Å². The van der Waals surface area contributed by atoms with E-state index in [9.17, 15) is 0 Å². The summed E-state index contributed by atoms with van der Waals surface area (Å²) < 4.78 is 0. The molecule has 1 unspecified atom stereocenters. The second-order valence-electron chi connectivity index (χ2n) is 6.53. The van der Waals surface area contributed by atoms with Crippen molar-refractivity contribution >= 4 is 0 Å². The van der Waals surface area contributed by atoms with Gasteiger partial charge in [-0.3, -0.25) is 0 Å². The summed E-state index contributed by atoms with van der Waals surface area (Å²) in [4.78, 5) is 2.44. The second kappa shape index (κ2) is 5.26. The lowest BCUT2D eigenvalue weighted by molar-refractivity contribution is 0.255. The van der Waals surface area contributed by atoms with E-state index in [1.165, 1.54) is 44.3 Å². The monoisotopic (exact) mass is 258 g/mol. The smallest absolute Gasteiger partial charge is 0.0268 e. The van der Waals surface area contributed by atoms with Gasteiger partial charge in [-0.15, -0.1) is 0 Å². The molecule has 1 aromatic rings. The fourth-order valence-electron chi connectivity index (χ4n) is 3.35. The van der Waals surface area contributed by atoms with E-state index in [0.717, 1.165) is 11.8 Å². The molecule has 2 aliphatic rings. The number of benzene rings is 1. The maximum atomic E-state index is 6.12. The lowest BCUT2D eigenvalue weighted by Crippen LogP contribution is -2.29. The lowest BCUT2D eigenvalue weighted by Gasteiger charge is -2.30. The van der Waals surface area contributed by atoms with E-state index < -0.39 is 0 Å². The molecule has 2 fully saturated rings. The standard InChI is InChI=1S/C17H26N2/c1-12(18)16-6-5-15(11-17(16)14-3-4-14)13-7-9-19(2)10-8-13/h5-6,11-14H,3-4,7-10,18H2,1-2H3. The molecule has 0 bridgehead atoms. The SMILES string of the molecule is CC(N)c1ccc(C2CCN(C)CC2)cc1C1CC1. The molecule has 0 spiro atoms. The Bertz CT molecular complexity index is 441. The van der Waals surface area contributed by atoms with Crippen molar-refractivity contribution < 1.29 is 0 Å². The molecule has 0 amide bonds. The Hall–Kier alpha value is -0.860. The van der Waals surface area contributed by atoms with Crippen molar-refractivity contribution in [2.24, 2.45) is 5.73 Å². The van der Waals surface area contributed by atoms with Crippen LogP contribution in [-0.4, -0.2) is 25.0 Å². The van der Waals surface area contributed by atoms with Crippen molar-refractivity contribution in [1.82, 2.24) is 4.90 Å². The number of piperidine rings is 1. The minimum atomic E-state index is 0.169. The Balaban J connectivity index is 1.84. The summed E-state index contributed by atoms with van der Waals surface area (Å²) in [5, 5.41) is 0. The molecule has 3 rings (SSSR count). The minimum absolute atomic E-state index is 0.169. The molecule has 104 valence electrons. The van der Waals surface area contributed by atoms with E-state index >= 15 is 0 Å². The van der Waals surface area contributed by atoms with Crippen LogP contribution < -0.4 is 5.73 Å². The first-order valence-electron chi connectivity index (χ1n) is 7.73. The highest BCUT2D eigenvalue weighted by molar-refractivity contribution is 5.40. The predicted molar refractivity (Wildman–Crippen MR) is 80.5 cm³/mol. The molecule has 2 nitrogen and oxygen atoms in total. The van der Waals surface area contributed by atoms with Gasteiger partial charge in [0.15, 0.2) is 0 Å². The van der Waals surface area contributed by atoms with E-state index in [1.54, 1.807) is 11.1 Å². The number of hydrogen-bond acceptors (Lipinski definition) is 2. The van der Waals surface area contributed by atoms with Crippen LogP contribution in [0.3, 0.4) is 0 Å². The van der Waals surface area contributed by atoms with Crippen LogP contribution in [0.2, 0.25) is 0 Å². The third-order valence-electron chi connectivity index (χ3n) is 4.81. The van der Waals surface area contributed by atoms with Crippen LogP contribution in [0.4, 0.5) is 0 Å². The van der Waals surface area contributed by atoms with Gasteiger partial charge in [0, 0.05) is 6.04 Å². The Kier molecular flexibility index (Phi) is 3.64. The molecule has 0 radical (unpaired) electrons. The molecule has 1 aromatic carbocycles. The predicted octanol–water partition coefficient (Wildman–Crippen LogP) is 3.39. The summed E-state index contributed by atoms with van der Waals surface area (Å²) >= 11 is 0. The van der Waals surface area contributed by atoms with Crippen LogP contribution >= 0.6 is 0 Å². The topological polar surface area (TPSA) is 29.3 Å². The first-order chi connectivity index (χ1) is 9.15. The molecule has 2 heteroatoms. The van der Waals surface area contributed by atoms with E-state index in [4.69, 9.17) is 5.73 Å². The fraction of sp³-hybridized carbons (Fsp3) is 0.647. The number of nitrogens with two attached hydrogens (primary N) is 1. The number of hydrogen-bond donors (Lipinski definition) is 1. The van der Waals surface area contributed by atoms with Crippen molar-refractivity contribution in [2.75, 3.05) is 20.1 Å². The first kappa shape index (κ1) is 13.1. The fourth-order valence-corrected chi connectivity index (χ4v) is 3.35. The average molecular weight is 258 g/mol. The molecule has 1 heterocycles. The van der Waals surface area contributed by atoms with Gasteiger partial charge in [-0.05, 0) is 81.3 Å². The number of rotatable bonds is 3. The van der Waals surface area contributed by atoms with Crippen LogP contribution in [0.1, 0.15) is 67.2 Å². The molecule has 1 aliphatic heterocycles. The molecule has 1 atom stereocenters. The van der Waals surface area contributed by atoms with Gasteiger partial charge in [0.2, 0.25) is 0 Å². The largest absolute Gasteiger partial charge is 0.324 e. The highest BCUT2D eigenvalue weighted by Crippen LogP contribution is 2.44. The van der Waals surface area contributed by atoms with Crippen LogP contribution in [0, 0.1) is 0 Å². The summed E-state index contributed by atoms with van der Waals surface area (Å²) in [5.74, 6) is 1.56. The van der Waals surface area contributed by atoms with Crippen molar-refractivity contribution in [3.63, 3.8) is 0 Å². The van der Waals surface area contributed by atoms with Gasteiger partial charge in [0.25, 0.3) is 0 Å². The van der Waals surface area contributed by atoms with Gasteiger partial charge in [-0.2, -0.15) is 0 Å². The molecule has 2 N–H and O–H groups in total. The van der Waals surface area contributed by atoms with Gasteiger partial charge in [-0.25, -0.2) is 0 Å². The number of nitrogens with zero attached hydrogens (tertiary/aromatic N) is 1. The van der Waals surface area contributed by atoms with E-state index in [-0.39, 0.29) is 6.04 Å². The summed E-state index contributed by atoms with van der Waals surface area (Å²) in [7, 11) is 2.23. The third-order valence-corrected chi connectivity index (χ3v) is 4.81. The third kappa shape index (κ3) is 2.85. The first-order valence-corrected chi connectivity index (χ1v) is 7.73. The minimum Gasteiger partial charge on any atom is -0.324 e. The molecular formula is C17H26N2. The Morgan fingerprint density at radius 3 is 2.37 bits per heavy atom.